The zero-order valence-corrected chi connectivity index (χ0v) is 12.8. The summed E-state index contributed by atoms with van der Waals surface area (Å²) in [5, 5.41) is 0. The van der Waals surface area contributed by atoms with Crippen LogP contribution in [0.4, 0.5) is 0 Å². The first kappa shape index (κ1) is 16.4. The lowest BCUT2D eigenvalue weighted by Gasteiger charge is -2.06. The number of aromatic amines is 1. The van der Waals surface area contributed by atoms with Crippen LogP contribution in [0.25, 0.3) is 0 Å². The lowest BCUT2D eigenvalue weighted by atomic mass is 10.4. The molecule has 0 fully saturated rings. The Morgan fingerprint density at radius 2 is 2.00 bits per heavy atom. The van der Waals surface area contributed by atoms with Crippen molar-refractivity contribution in [3.63, 3.8) is 0 Å². The molecule has 0 spiro atoms. The van der Waals surface area contributed by atoms with E-state index < -0.39 is 10.0 Å². The van der Waals surface area contributed by atoms with Crippen LogP contribution < -0.4 is 9.60 Å². The fourth-order valence-corrected chi connectivity index (χ4v) is 3.86. The van der Waals surface area contributed by atoms with Gasteiger partial charge in [0.05, 0.1) is 0 Å². The molecule has 2 N–H and O–H groups in total. The van der Waals surface area contributed by atoms with Gasteiger partial charge < -0.3 is 9.72 Å². The summed E-state index contributed by atoms with van der Waals surface area (Å²) in [7, 11) is -3.59. The summed E-state index contributed by atoms with van der Waals surface area (Å²) in [5.74, 6) is 0. The number of aryl methyl sites for hydroxylation is 1. The van der Waals surface area contributed by atoms with Gasteiger partial charge in [-0.15, -0.1) is 0 Å². The standard InChI is InChI=1S/C11H20N2O4S2/c1-3-4-7-17-8-5-6-12-19(15,16)10-9(2)13-11(14)18-10/h12H,3-8H2,1-2H3,(H,13,14). The molecule has 1 heterocycles. The lowest BCUT2D eigenvalue weighted by molar-refractivity contribution is 0.130. The second kappa shape index (κ2) is 7.78. The highest BCUT2D eigenvalue weighted by Crippen LogP contribution is 2.15. The number of sulfonamides is 1. The Bertz CT molecular complexity index is 533. The second-order valence-corrected chi connectivity index (χ2v) is 7.09. The molecule has 0 saturated carbocycles. The van der Waals surface area contributed by atoms with Gasteiger partial charge in [0.1, 0.15) is 0 Å². The molecule has 1 rings (SSSR count). The molecule has 8 heteroatoms. The van der Waals surface area contributed by atoms with Crippen molar-refractivity contribution in [2.24, 2.45) is 0 Å². The number of ether oxygens (including phenoxy) is 1. The maximum Gasteiger partial charge on any atom is 0.305 e. The molecule has 0 bridgehead atoms. The second-order valence-electron chi connectivity index (χ2n) is 4.14. The summed E-state index contributed by atoms with van der Waals surface area (Å²) >= 11 is 0.703. The number of hydrogen-bond donors (Lipinski definition) is 2. The van der Waals surface area contributed by atoms with Crippen molar-refractivity contribution < 1.29 is 13.2 Å². The van der Waals surface area contributed by atoms with E-state index in [2.05, 4.69) is 16.6 Å². The average molecular weight is 308 g/mol. The van der Waals surface area contributed by atoms with Gasteiger partial charge in [0, 0.05) is 25.5 Å². The van der Waals surface area contributed by atoms with Gasteiger partial charge in [-0.05, 0) is 19.8 Å². The number of thiazole rings is 1. The summed E-state index contributed by atoms with van der Waals surface area (Å²) in [4.78, 5) is 13.2. The van der Waals surface area contributed by atoms with Crippen LogP contribution in [0.5, 0.6) is 0 Å². The van der Waals surface area contributed by atoms with Gasteiger partial charge in [-0.25, -0.2) is 13.1 Å². The maximum atomic E-state index is 11.9. The van der Waals surface area contributed by atoms with Crippen molar-refractivity contribution in [1.29, 1.82) is 0 Å². The van der Waals surface area contributed by atoms with Gasteiger partial charge in [-0.3, -0.25) is 4.79 Å². The van der Waals surface area contributed by atoms with Crippen LogP contribution in [0.1, 0.15) is 31.9 Å². The third-order valence-electron chi connectivity index (χ3n) is 2.42. The molecular formula is C11H20N2O4S2. The van der Waals surface area contributed by atoms with E-state index in [0.717, 1.165) is 12.8 Å². The quantitative estimate of drug-likeness (QED) is 0.672. The van der Waals surface area contributed by atoms with E-state index in [0.29, 0.717) is 43.2 Å². The number of aromatic nitrogens is 1. The van der Waals surface area contributed by atoms with E-state index in [-0.39, 0.29) is 9.08 Å². The minimum absolute atomic E-state index is 0.0596. The largest absolute Gasteiger partial charge is 0.381 e. The highest BCUT2D eigenvalue weighted by Gasteiger charge is 2.19. The Kier molecular flexibility index (Phi) is 6.70. The molecule has 1 aromatic heterocycles. The highest BCUT2D eigenvalue weighted by atomic mass is 32.2. The minimum Gasteiger partial charge on any atom is -0.381 e. The molecule has 0 amide bonds. The van der Waals surface area contributed by atoms with Crippen LogP contribution in [-0.2, 0) is 14.8 Å². The first-order valence-electron chi connectivity index (χ1n) is 6.24. The van der Waals surface area contributed by atoms with E-state index in [9.17, 15) is 13.2 Å². The molecule has 0 saturated heterocycles. The molecule has 110 valence electrons. The molecule has 0 unspecified atom stereocenters. The number of unbranched alkanes of at least 4 members (excludes halogenated alkanes) is 1. The summed E-state index contributed by atoms with van der Waals surface area (Å²) in [6.45, 7) is 5.20. The molecule has 19 heavy (non-hydrogen) atoms. The zero-order valence-electron chi connectivity index (χ0n) is 11.2. The molecule has 1 aromatic rings. The van der Waals surface area contributed by atoms with Crippen LogP contribution in [0.3, 0.4) is 0 Å². The van der Waals surface area contributed by atoms with E-state index in [1.54, 1.807) is 6.92 Å². The average Bonchev–Trinajstić information content (AvgIpc) is 2.68. The Morgan fingerprint density at radius 3 is 2.58 bits per heavy atom. The highest BCUT2D eigenvalue weighted by molar-refractivity contribution is 7.91. The maximum absolute atomic E-state index is 11.9. The normalized spacial score (nSPS) is 11.9. The van der Waals surface area contributed by atoms with Crippen LogP contribution in [0.15, 0.2) is 9.00 Å². The van der Waals surface area contributed by atoms with Gasteiger partial charge in [-0.1, -0.05) is 24.7 Å². The van der Waals surface area contributed by atoms with Crippen molar-refractivity contribution in [2.45, 2.75) is 37.3 Å². The van der Waals surface area contributed by atoms with E-state index >= 15 is 0 Å². The summed E-state index contributed by atoms with van der Waals surface area (Å²) < 4.78 is 31.7. The van der Waals surface area contributed by atoms with Crippen LogP contribution in [-0.4, -0.2) is 33.2 Å². The van der Waals surface area contributed by atoms with E-state index in [1.807, 2.05) is 0 Å². The first-order chi connectivity index (χ1) is 8.97. The third-order valence-corrected chi connectivity index (χ3v) is 5.49. The molecule has 0 radical (unpaired) electrons. The Morgan fingerprint density at radius 1 is 1.32 bits per heavy atom. The molecule has 0 atom stereocenters. The molecular weight excluding hydrogens is 288 g/mol. The van der Waals surface area contributed by atoms with Crippen LogP contribution in [0, 0.1) is 6.92 Å². The van der Waals surface area contributed by atoms with Gasteiger partial charge >= 0.3 is 4.87 Å². The smallest absolute Gasteiger partial charge is 0.305 e. The van der Waals surface area contributed by atoms with Crippen LogP contribution >= 0.6 is 11.3 Å². The molecule has 0 aliphatic carbocycles. The van der Waals surface area contributed by atoms with Crippen molar-refractivity contribution in [2.75, 3.05) is 19.8 Å². The monoisotopic (exact) mass is 308 g/mol. The number of H-pyrrole nitrogens is 1. The number of rotatable bonds is 9. The predicted molar refractivity (Wildman–Crippen MR) is 75.2 cm³/mol. The van der Waals surface area contributed by atoms with Crippen molar-refractivity contribution in [3.8, 4) is 0 Å². The number of hydrogen-bond acceptors (Lipinski definition) is 5. The van der Waals surface area contributed by atoms with Gasteiger partial charge in [0.2, 0.25) is 0 Å². The van der Waals surface area contributed by atoms with Crippen molar-refractivity contribution >= 4 is 21.4 Å². The van der Waals surface area contributed by atoms with Crippen molar-refractivity contribution in [1.82, 2.24) is 9.71 Å². The fraction of sp³-hybridized carbons (Fsp3) is 0.727. The minimum atomic E-state index is -3.59. The van der Waals surface area contributed by atoms with Crippen LogP contribution in [0.2, 0.25) is 0 Å². The van der Waals surface area contributed by atoms with E-state index in [4.69, 9.17) is 4.74 Å². The van der Waals surface area contributed by atoms with Gasteiger partial charge in [-0.2, -0.15) is 0 Å². The summed E-state index contributed by atoms with van der Waals surface area (Å²) in [6, 6.07) is 0. The van der Waals surface area contributed by atoms with Gasteiger partial charge in [0.25, 0.3) is 10.0 Å². The summed E-state index contributed by atoms with van der Waals surface area (Å²) in [6.07, 6.45) is 2.71. The molecule has 0 aliphatic rings. The molecule has 0 aromatic carbocycles. The molecule has 0 aliphatic heterocycles. The SMILES string of the molecule is CCCCOCCCNS(=O)(=O)c1sc(=O)[nH]c1C. The Labute approximate surface area is 117 Å². The lowest BCUT2D eigenvalue weighted by Crippen LogP contribution is -2.25. The third kappa shape index (κ3) is 5.43. The van der Waals surface area contributed by atoms with Gasteiger partial charge in [0.15, 0.2) is 4.21 Å². The topological polar surface area (TPSA) is 88.3 Å². The first-order valence-corrected chi connectivity index (χ1v) is 8.54. The zero-order chi connectivity index (χ0) is 14.3. The Hall–Kier alpha value is -0.700. The number of nitrogens with one attached hydrogen (secondary N) is 2. The van der Waals surface area contributed by atoms with Crippen molar-refractivity contribution in [3.05, 3.63) is 15.4 Å². The predicted octanol–water partition coefficient (Wildman–Crippen LogP) is 1.23. The Balaban J connectivity index is 2.36. The van der Waals surface area contributed by atoms with E-state index in [1.165, 1.54) is 0 Å². The molecule has 6 nitrogen and oxygen atoms in total. The summed E-state index contributed by atoms with van der Waals surface area (Å²) in [5.41, 5.74) is 0.377. The fourth-order valence-electron chi connectivity index (χ4n) is 1.44.